The van der Waals surface area contributed by atoms with Gasteiger partial charge in [-0.15, -0.1) is 0 Å². The van der Waals surface area contributed by atoms with Crippen LogP contribution in [0.1, 0.15) is 53.9 Å². The van der Waals surface area contributed by atoms with Crippen LogP contribution < -0.4 is 0 Å². The number of ether oxygens (including phenoxy) is 2. The molecule has 21 heavy (non-hydrogen) atoms. The SMILES string of the molecule is CCCN(C(=O)OC(C)(C)C)C1(C(=O)O)CCOC(C)C1. The highest BCUT2D eigenvalue weighted by molar-refractivity contribution is 5.84. The first kappa shape index (κ1) is 17.8. The van der Waals surface area contributed by atoms with E-state index in [4.69, 9.17) is 9.47 Å². The molecule has 2 atom stereocenters. The molecule has 0 radical (unpaired) electrons. The van der Waals surface area contributed by atoms with Gasteiger partial charge in [-0.25, -0.2) is 9.59 Å². The molecule has 1 aliphatic rings. The Morgan fingerprint density at radius 3 is 2.48 bits per heavy atom. The molecular formula is C15H27NO5. The Morgan fingerprint density at radius 2 is 2.05 bits per heavy atom. The van der Waals surface area contributed by atoms with Gasteiger partial charge in [0, 0.05) is 26.0 Å². The number of carboxylic acid groups (broad SMARTS) is 1. The molecule has 1 saturated heterocycles. The summed E-state index contributed by atoms with van der Waals surface area (Å²) in [6.07, 6.45) is 0.467. The van der Waals surface area contributed by atoms with Gasteiger partial charge in [-0.2, -0.15) is 0 Å². The van der Waals surface area contributed by atoms with Gasteiger partial charge in [0.05, 0.1) is 6.10 Å². The third-order valence-corrected chi connectivity index (χ3v) is 3.52. The van der Waals surface area contributed by atoms with E-state index in [0.717, 1.165) is 0 Å². The molecule has 1 amide bonds. The summed E-state index contributed by atoms with van der Waals surface area (Å²) in [7, 11) is 0. The summed E-state index contributed by atoms with van der Waals surface area (Å²) in [6, 6.07) is 0. The van der Waals surface area contributed by atoms with Crippen molar-refractivity contribution in [2.45, 2.75) is 71.1 Å². The lowest BCUT2D eigenvalue weighted by molar-refractivity contribution is -0.161. The number of amides is 1. The Bertz CT molecular complexity index is 390. The molecule has 6 nitrogen and oxygen atoms in total. The predicted molar refractivity (Wildman–Crippen MR) is 78.2 cm³/mol. The average Bonchev–Trinajstić information content (AvgIpc) is 2.33. The molecule has 1 N–H and O–H groups in total. The number of rotatable bonds is 4. The molecule has 6 heteroatoms. The van der Waals surface area contributed by atoms with Crippen LogP contribution in [-0.4, -0.2) is 52.5 Å². The van der Waals surface area contributed by atoms with Crippen LogP contribution in [0.25, 0.3) is 0 Å². The van der Waals surface area contributed by atoms with Crippen molar-refractivity contribution in [1.82, 2.24) is 4.90 Å². The number of carbonyl (C=O) groups is 2. The van der Waals surface area contributed by atoms with E-state index in [1.54, 1.807) is 20.8 Å². The van der Waals surface area contributed by atoms with E-state index < -0.39 is 23.2 Å². The van der Waals surface area contributed by atoms with Gasteiger partial charge in [0.25, 0.3) is 0 Å². The first-order chi connectivity index (χ1) is 9.62. The minimum absolute atomic E-state index is 0.198. The van der Waals surface area contributed by atoms with Crippen LogP contribution in [0, 0.1) is 0 Å². The molecule has 1 heterocycles. The summed E-state index contributed by atoms with van der Waals surface area (Å²) in [6.45, 7) is 9.75. The third-order valence-electron chi connectivity index (χ3n) is 3.52. The summed E-state index contributed by atoms with van der Waals surface area (Å²) in [5, 5.41) is 9.75. The van der Waals surface area contributed by atoms with Crippen LogP contribution in [-0.2, 0) is 14.3 Å². The third kappa shape index (κ3) is 4.33. The maximum atomic E-state index is 12.5. The van der Waals surface area contributed by atoms with Gasteiger partial charge in [-0.05, 0) is 34.1 Å². The molecule has 0 bridgehead atoms. The van der Waals surface area contributed by atoms with Gasteiger partial charge in [0.1, 0.15) is 11.1 Å². The molecule has 0 aliphatic carbocycles. The summed E-state index contributed by atoms with van der Waals surface area (Å²) in [4.78, 5) is 25.7. The van der Waals surface area contributed by atoms with Crippen molar-refractivity contribution in [3.63, 3.8) is 0 Å². The Balaban J connectivity index is 3.09. The van der Waals surface area contributed by atoms with Gasteiger partial charge in [-0.1, -0.05) is 6.92 Å². The van der Waals surface area contributed by atoms with Crippen LogP contribution in [0.5, 0.6) is 0 Å². The zero-order valence-electron chi connectivity index (χ0n) is 13.6. The van der Waals surface area contributed by atoms with E-state index in [2.05, 4.69) is 0 Å². The minimum Gasteiger partial charge on any atom is -0.479 e. The lowest BCUT2D eigenvalue weighted by Crippen LogP contribution is -2.61. The number of carbonyl (C=O) groups excluding carboxylic acids is 1. The van der Waals surface area contributed by atoms with Crippen molar-refractivity contribution in [3.05, 3.63) is 0 Å². The molecule has 122 valence electrons. The van der Waals surface area contributed by atoms with Crippen LogP contribution in [0.15, 0.2) is 0 Å². The van der Waals surface area contributed by atoms with Crippen LogP contribution in [0.3, 0.4) is 0 Å². The van der Waals surface area contributed by atoms with E-state index in [0.29, 0.717) is 19.6 Å². The number of carboxylic acids is 1. The number of hydrogen-bond acceptors (Lipinski definition) is 4. The molecule has 0 aromatic heterocycles. The summed E-state index contributed by atoms with van der Waals surface area (Å²) in [5.41, 5.74) is -1.89. The van der Waals surface area contributed by atoms with E-state index in [1.165, 1.54) is 4.90 Å². The highest BCUT2D eigenvalue weighted by Crippen LogP contribution is 2.33. The Hall–Kier alpha value is -1.30. The fourth-order valence-corrected chi connectivity index (χ4v) is 2.64. The van der Waals surface area contributed by atoms with Gasteiger partial charge in [-0.3, -0.25) is 4.90 Å². The highest BCUT2D eigenvalue weighted by Gasteiger charge is 2.50. The quantitative estimate of drug-likeness (QED) is 0.864. The largest absolute Gasteiger partial charge is 0.479 e. The van der Waals surface area contributed by atoms with Crippen molar-refractivity contribution < 1.29 is 24.2 Å². The van der Waals surface area contributed by atoms with Crippen LogP contribution >= 0.6 is 0 Å². The number of nitrogens with zero attached hydrogens (tertiary/aromatic N) is 1. The molecule has 0 aromatic carbocycles. The Kier molecular flexibility index (Phi) is 5.61. The second-order valence-electron chi connectivity index (χ2n) is 6.60. The standard InChI is InChI=1S/C15H27NO5/c1-6-8-16(13(19)21-14(3,4)5)15(12(17)18)7-9-20-11(2)10-15/h11H,6-10H2,1-5H3,(H,17,18). The highest BCUT2D eigenvalue weighted by atomic mass is 16.6. The van der Waals surface area contributed by atoms with Crippen molar-refractivity contribution in [3.8, 4) is 0 Å². The van der Waals surface area contributed by atoms with E-state index in [-0.39, 0.29) is 18.9 Å². The lowest BCUT2D eigenvalue weighted by atomic mass is 9.85. The van der Waals surface area contributed by atoms with Crippen molar-refractivity contribution in [2.24, 2.45) is 0 Å². The Labute approximate surface area is 126 Å². The summed E-state index contributed by atoms with van der Waals surface area (Å²) in [5.74, 6) is -0.989. The topological polar surface area (TPSA) is 76.1 Å². The maximum Gasteiger partial charge on any atom is 0.411 e. The van der Waals surface area contributed by atoms with Gasteiger partial charge in [0.15, 0.2) is 0 Å². The summed E-state index contributed by atoms with van der Waals surface area (Å²) < 4.78 is 10.8. The van der Waals surface area contributed by atoms with Crippen molar-refractivity contribution in [1.29, 1.82) is 0 Å². The molecule has 0 spiro atoms. The monoisotopic (exact) mass is 301 g/mol. The molecular weight excluding hydrogens is 274 g/mol. The summed E-state index contributed by atoms with van der Waals surface area (Å²) >= 11 is 0. The van der Waals surface area contributed by atoms with E-state index in [9.17, 15) is 14.7 Å². The van der Waals surface area contributed by atoms with Gasteiger partial charge < -0.3 is 14.6 Å². The second kappa shape index (κ2) is 6.64. The van der Waals surface area contributed by atoms with Crippen LogP contribution in [0.4, 0.5) is 4.79 Å². The van der Waals surface area contributed by atoms with E-state index >= 15 is 0 Å². The lowest BCUT2D eigenvalue weighted by Gasteiger charge is -2.44. The molecule has 0 aromatic rings. The maximum absolute atomic E-state index is 12.5. The van der Waals surface area contributed by atoms with E-state index in [1.807, 2.05) is 13.8 Å². The van der Waals surface area contributed by atoms with Crippen LogP contribution in [0.2, 0.25) is 0 Å². The van der Waals surface area contributed by atoms with Gasteiger partial charge in [0.2, 0.25) is 0 Å². The average molecular weight is 301 g/mol. The molecule has 1 rings (SSSR count). The van der Waals surface area contributed by atoms with Crippen molar-refractivity contribution in [2.75, 3.05) is 13.2 Å². The number of aliphatic carboxylic acids is 1. The Morgan fingerprint density at radius 1 is 1.43 bits per heavy atom. The fraction of sp³-hybridized carbons (Fsp3) is 0.867. The molecule has 1 fully saturated rings. The molecule has 2 unspecified atom stereocenters. The zero-order valence-corrected chi connectivity index (χ0v) is 13.6. The number of hydrogen-bond donors (Lipinski definition) is 1. The first-order valence-corrected chi connectivity index (χ1v) is 7.48. The molecule has 0 saturated carbocycles. The fourth-order valence-electron chi connectivity index (χ4n) is 2.64. The smallest absolute Gasteiger partial charge is 0.411 e. The minimum atomic E-state index is -1.24. The molecule has 1 aliphatic heterocycles. The van der Waals surface area contributed by atoms with Gasteiger partial charge >= 0.3 is 12.1 Å². The first-order valence-electron chi connectivity index (χ1n) is 7.48. The second-order valence-corrected chi connectivity index (χ2v) is 6.60. The zero-order chi connectivity index (χ0) is 16.3. The normalized spacial score (nSPS) is 26.2. The predicted octanol–water partition coefficient (Wildman–Crippen LogP) is 2.66. The van der Waals surface area contributed by atoms with Crippen molar-refractivity contribution >= 4 is 12.1 Å².